The molecule has 0 fully saturated rings. The summed E-state index contributed by atoms with van der Waals surface area (Å²) < 4.78 is 6.21. The number of aliphatic hydroxyl groups is 1. The quantitative estimate of drug-likeness (QED) is 0.251. The van der Waals surface area contributed by atoms with Gasteiger partial charge in [0.2, 0.25) is 0 Å². The molecule has 0 aliphatic carbocycles. The molecule has 0 spiro atoms. The maximum absolute atomic E-state index is 11.0. The zero-order valence-corrected chi connectivity index (χ0v) is 21.3. The molecular weight excluding hydrogens is 435 g/mol. The fourth-order valence-electron chi connectivity index (χ4n) is 4.23. The van der Waals surface area contributed by atoms with Crippen molar-refractivity contribution in [2.75, 3.05) is 0 Å². The van der Waals surface area contributed by atoms with Gasteiger partial charge in [0, 0.05) is 0 Å². The normalized spacial score (nSPS) is 13.7. The van der Waals surface area contributed by atoms with E-state index in [1.165, 1.54) is 71.1 Å². The van der Waals surface area contributed by atoms with Crippen molar-refractivity contribution in [3.05, 3.63) is 45.6 Å². The third kappa shape index (κ3) is 8.73. The first-order valence-electron chi connectivity index (χ1n) is 11.6. The van der Waals surface area contributed by atoms with Gasteiger partial charge >= 0.3 is 174 Å². The van der Waals surface area contributed by atoms with Gasteiger partial charge in [-0.25, -0.2) is 0 Å². The fourth-order valence-corrected chi connectivity index (χ4v) is 21.4. The summed E-state index contributed by atoms with van der Waals surface area (Å²) in [6.45, 7) is 9.31. The SMILES string of the molecule is CCCC/[C](=C\C(O)c1ccccc1)[Sn]([CH2]CCC)([CH2]CCC)[CH2]CCC. The van der Waals surface area contributed by atoms with Gasteiger partial charge in [-0.1, -0.05) is 0 Å². The van der Waals surface area contributed by atoms with Gasteiger partial charge in [0.25, 0.3) is 0 Å². The Hall–Kier alpha value is -0.281. The van der Waals surface area contributed by atoms with E-state index in [1.54, 1.807) is 3.59 Å². The second-order valence-corrected chi connectivity index (χ2v) is 21.7. The fraction of sp³-hybridized carbons (Fsp3) is 0.680. The van der Waals surface area contributed by atoms with Crippen LogP contribution in [0.1, 0.15) is 97.1 Å². The van der Waals surface area contributed by atoms with Crippen LogP contribution in [-0.2, 0) is 0 Å². The summed E-state index contributed by atoms with van der Waals surface area (Å²) in [7, 11) is 0. The number of rotatable bonds is 15. The van der Waals surface area contributed by atoms with Gasteiger partial charge in [-0.3, -0.25) is 0 Å². The molecule has 1 aromatic carbocycles. The van der Waals surface area contributed by atoms with E-state index in [-0.39, 0.29) is 0 Å². The summed E-state index contributed by atoms with van der Waals surface area (Å²) in [5.41, 5.74) is 1.05. The minimum absolute atomic E-state index is 0.431. The van der Waals surface area contributed by atoms with Gasteiger partial charge in [-0.05, 0) is 0 Å². The summed E-state index contributed by atoms with van der Waals surface area (Å²) in [4.78, 5) is 0. The summed E-state index contributed by atoms with van der Waals surface area (Å²) in [5.74, 6) is 0. The van der Waals surface area contributed by atoms with Crippen molar-refractivity contribution in [2.24, 2.45) is 0 Å². The molecule has 1 atom stereocenters. The van der Waals surface area contributed by atoms with Gasteiger partial charge in [-0.15, -0.1) is 0 Å². The van der Waals surface area contributed by atoms with Crippen molar-refractivity contribution in [1.29, 1.82) is 0 Å². The van der Waals surface area contributed by atoms with Gasteiger partial charge in [0.15, 0.2) is 0 Å². The van der Waals surface area contributed by atoms with Crippen molar-refractivity contribution in [3.63, 3.8) is 0 Å². The number of aliphatic hydroxyl groups excluding tert-OH is 1. The number of benzene rings is 1. The van der Waals surface area contributed by atoms with Crippen LogP contribution in [0.4, 0.5) is 0 Å². The Labute approximate surface area is 173 Å². The van der Waals surface area contributed by atoms with E-state index in [0.717, 1.165) is 5.56 Å². The van der Waals surface area contributed by atoms with Gasteiger partial charge in [0.1, 0.15) is 0 Å². The van der Waals surface area contributed by atoms with E-state index < -0.39 is 24.5 Å². The average Bonchev–Trinajstić information content (AvgIpc) is 2.71. The van der Waals surface area contributed by atoms with Crippen molar-refractivity contribution in [1.82, 2.24) is 0 Å². The molecule has 0 aliphatic rings. The van der Waals surface area contributed by atoms with Crippen LogP contribution in [0.15, 0.2) is 40.0 Å². The number of hydrogen-bond donors (Lipinski definition) is 1. The molecule has 0 aromatic heterocycles. The number of hydrogen-bond acceptors (Lipinski definition) is 1. The standard InChI is InChI=1S/C13H17O.3C4H9.Sn/c1-2-3-4-8-11-13(14)12-9-6-5-7-10-12;3*1-3-4-2;/h5-7,9-11,13-14H,2-4H2,1H3;3*1,3-4H2,2H3;. The van der Waals surface area contributed by atoms with Gasteiger partial charge < -0.3 is 0 Å². The molecule has 1 unspecified atom stereocenters. The van der Waals surface area contributed by atoms with Crippen LogP contribution in [0.25, 0.3) is 0 Å². The molecule has 0 amide bonds. The first-order chi connectivity index (χ1) is 13.1. The summed E-state index contributed by atoms with van der Waals surface area (Å²) >= 11 is -2.44. The minimum atomic E-state index is -2.44. The van der Waals surface area contributed by atoms with Crippen molar-refractivity contribution in [2.45, 2.75) is 105 Å². The molecule has 27 heavy (non-hydrogen) atoms. The Bertz CT molecular complexity index is 487. The van der Waals surface area contributed by atoms with Gasteiger partial charge in [-0.2, -0.15) is 0 Å². The Morgan fingerprint density at radius 1 is 0.815 bits per heavy atom. The van der Waals surface area contributed by atoms with Crippen molar-refractivity contribution < 1.29 is 5.11 Å². The zero-order chi connectivity index (χ0) is 20.0. The first-order valence-corrected chi connectivity index (χ1v) is 19.1. The molecule has 1 aromatic rings. The Kier molecular flexibility index (Phi) is 13.5. The molecule has 2 heteroatoms. The molecule has 0 saturated carbocycles. The third-order valence-electron chi connectivity index (χ3n) is 6.01. The van der Waals surface area contributed by atoms with E-state index in [4.69, 9.17) is 0 Å². The molecule has 1 N–H and O–H groups in total. The molecule has 1 nitrogen and oxygen atoms in total. The van der Waals surface area contributed by atoms with Crippen LogP contribution in [-0.4, -0.2) is 23.5 Å². The molecule has 0 saturated heterocycles. The summed E-state index contributed by atoms with van der Waals surface area (Å²) in [6, 6.07) is 10.3. The molecule has 0 aliphatic heterocycles. The molecule has 1 rings (SSSR count). The van der Waals surface area contributed by atoms with Crippen LogP contribution in [0.2, 0.25) is 13.3 Å². The van der Waals surface area contributed by atoms with Crippen LogP contribution in [0.5, 0.6) is 0 Å². The van der Waals surface area contributed by atoms with E-state index in [9.17, 15) is 5.11 Å². The van der Waals surface area contributed by atoms with Crippen LogP contribution >= 0.6 is 0 Å². The van der Waals surface area contributed by atoms with Crippen LogP contribution < -0.4 is 0 Å². The zero-order valence-electron chi connectivity index (χ0n) is 18.5. The topological polar surface area (TPSA) is 20.2 Å². The van der Waals surface area contributed by atoms with Crippen LogP contribution in [0, 0.1) is 0 Å². The second kappa shape index (κ2) is 14.7. The van der Waals surface area contributed by atoms with E-state index in [2.05, 4.69) is 45.9 Å². The Morgan fingerprint density at radius 2 is 1.30 bits per heavy atom. The summed E-state index contributed by atoms with van der Waals surface area (Å²) in [6.07, 6.45) is 13.7. The Morgan fingerprint density at radius 3 is 1.74 bits per heavy atom. The van der Waals surface area contributed by atoms with Gasteiger partial charge in [0.05, 0.1) is 0 Å². The second-order valence-electron chi connectivity index (χ2n) is 8.24. The molecular formula is C25H44OSn. The molecule has 154 valence electrons. The van der Waals surface area contributed by atoms with Crippen molar-refractivity contribution in [3.8, 4) is 0 Å². The number of allylic oxidation sites excluding steroid dienone is 1. The van der Waals surface area contributed by atoms with Crippen molar-refractivity contribution >= 4 is 18.4 Å². The average molecular weight is 479 g/mol. The van der Waals surface area contributed by atoms with E-state index >= 15 is 0 Å². The third-order valence-corrected chi connectivity index (χ3v) is 22.3. The monoisotopic (exact) mass is 480 g/mol. The van der Waals surface area contributed by atoms with E-state index in [0.29, 0.717) is 0 Å². The molecule has 0 bridgehead atoms. The predicted octanol–water partition coefficient (Wildman–Crippen LogP) is 8.22. The Balaban J connectivity index is 3.26. The summed E-state index contributed by atoms with van der Waals surface area (Å²) in [5, 5.41) is 11.0. The maximum atomic E-state index is 11.0. The molecule has 0 radical (unpaired) electrons. The molecule has 0 heterocycles. The number of unbranched alkanes of at least 4 members (excludes halogenated alkanes) is 4. The first kappa shape index (κ1) is 24.8. The van der Waals surface area contributed by atoms with E-state index in [1.807, 2.05) is 18.2 Å². The van der Waals surface area contributed by atoms with Crippen LogP contribution in [0.3, 0.4) is 0 Å². The predicted molar refractivity (Wildman–Crippen MR) is 124 cm³/mol.